The van der Waals surface area contributed by atoms with E-state index >= 15 is 0 Å². The average Bonchev–Trinajstić information content (AvgIpc) is 3.54. The van der Waals surface area contributed by atoms with Gasteiger partial charge in [-0.3, -0.25) is 9.59 Å². The van der Waals surface area contributed by atoms with Crippen LogP contribution in [0, 0.1) is 12.7 Å². The van der Waals surface area contributed by atoms with Crippen LogP contribution in [0.3, 0.4) is 0 Å². The van der Waals surface area contributed by atoms with Gasteiger partial charge in [0.2, 0.25) is 5.91 Å². The fourth-order valence-electron chi connectivity index (χ4n) is 3.80. The Morgan fingerprint density at radius 2 is 1.77 bits per heavy atom. The van der Waals surface area contributed by atoms with Crippen LogP contribution in [0.5, 0.6) is 11.5 Å². The second kappa shape index (κ2) is 6.69. The Morgan fingerprint density at radius 1 is 1.03 bits per heavy atom. The van der Waals surface area contributed by atoms with E-state index in [4.69, 9.17) is 4.74 Å². The topological polar surface area (TPSA) is 67.4 Å². The third-order valence-corrected chi connectivity index (χ3v) is 5.67. The number of halogens is 1. The maximum atomic E-state index is 13.2. The third kappa shape index (κ3) is 3.10. The van der Waals surface area contributed by atoms with Gasteiger partial charge in [0.15, 0.2) is 5.75 Å². The standard InChI is InChI=1S/C24H19FN2O3/c1-14-2-8-21-19(12-14)27-22(28)18-13-17(7-9-20(18)30-21)26-23(29)24(10-11-24)15-3-5-16(25)6-4-15/h2-9,12-13H,10-11H2,1H3,(H,26,29)(H,27,28). The highest BCUT2D eigenvalue weighted by molar-refractivity contribution is 6.09. The molecule has 1 aliphatic heterocycles. The first-order valence-electron chi connectivity index (χ1n) is 9.76. The summed E-state index contributed by atoms with van der Waals surface area (Å²) in [6.45, 7) is 1.94. The molecule has 3 aromatic carbocycles. The van der Waals surface area contributed by atoms with E-state index in [1.807, 2.05) is 25.1 Å². The lowest BCUT2D eigenvalue weighted by Gasteiger charge is -2.16. The number of nitrogens with one attached hydrogen (secondary N) is 2. The molecule has 1 aliphatic carbocycles. The molecule has 1 fully saturated rings. The minimum atomic E-state index is -0.646. The molecular formula is C24H19FN2O3. The Balaban J connectivity index is 1.41. The van der Waals surface area contributed by atoms with Crippen LogP contribution in [0.4, 0.5) is 15.8 Å². The van der Waals surface area contributed by atoms with Gasteiger partial charge in [-0.05, 0) is 73.4 Å². The molecule has 2 aliphatic rings. The van der Waals surface area contributed by atoms with Crippen molar-refractivity contribution in [3.63, 3.8) is 0 Å². The van der Waals surface area contributed by atoms with Gasteiger partial charge >= 0.3 is 0 Å². The highest BCUT2D eigenvalue weighted by atomic mass is 19.1. The van der Waals surface area contributed by atoms with Crippen LogP contribution < -0.4 is 15.4 Å². The molecule has 1 saturated carbocycles. The quantitative estimate of drug-likeness (QED) is 0.636. The lowest BCUT2D eigenvalue weighted by atomic mass is 9.95. The molecular weight excluding hydrogens is 383 g/mol. The highest BCUT2D eigenvalue weighted by Gasteiger charge is 2.51. The van der Waals surface area contributed by atoms with E-state index in [0.29, 0.717) is 41.3 Å². The Bertz CT molecular complexity index is 1180. The summed E-state index contributed by atoms with van der Waals surface area (Å²) in [5.74, 6) is 0.196. The Morgan fingerprint density at radius 3 is 2.50 bits per heavy atom. The minimum Gasteiger partial charge on any atom is -0.454 e. The number of ether oxygens (including phenoxy) is 1. The molecule has 2 amide bonds. The first kappa shape index (κ1) is 18.4. The number of carbonyl (C=O) groups is 2. The van der Waals surface area contributed by atoms with Gasteiger partial charge in [0.1, 0.15) is 11.6 Å². The molecule has 2 N–H and O–H groups in total. The van der Waals surface area contributed by atoms with Gasteiger partial charge < -0.3 is 15.4 Å². The van der Waals surface area contributed by atoms with Gasteiger partial charge in [0.25, 0.3) is 5.91 Å². The first-order valence-corrected chi connectivity index (χ1v) is 9.76. The summed E-state index contributed by atoms with van der Waals surface area (Å²) in [6.07, 6.45) is 1.40. The second-order valence-corrected chi connectivity index (χ2v) is 7.81. The van der Waals surface area contributed by atoms with E-state index in [0.717, 1.165) is 11.1 Å². The van der Waals surface area contributed by atoms with E-state index < -0.39 is 5.41 Å². The van der Waals surface area contributed by atoms with E-state index in [2.05, 4.69) is 10.6 Å². The molecule has 0 spiro atoms. The van der Waals surface area contributed by atoms with Gasteiger partial charge in [0, 0.05) is 5.69 Å². The molecule has 0 atom stereocenters. The summed E-state index contributed by atoms with van der Waals surface area (Å²) < 4.78 is 19.2. The van der Waals surface area contributed by atoms with E-state index in [1.54, 1.807) is 30.3 Å². The van der Waals surface area contributed by atoms with Crippen LogP contribution in [-0.4, -0.2) is 11.8 Å². The summed E-state index contributed by atoms with van der Waals surface area (Å²) in [6, 6.07) is 16.6. The Hall–Kier alpha value is -3.67. The van der Waals surface area contributed by atoms with Crippen LogP contribution in [0.15, 0.2) is 60.7 Å². The second-order valence-electron chi connectivity index (χ2n) is 7.81. The van der Waals surface area contributed by atoms with Crippen molar-refractivity contribution in [2.75, 3.05) is 10.6 Å². The predicted octanol–water partition coefficient (Wildman–Crippen LogP) is 5.16. The van der Waals surface area contributed by atoms with Gasteiger partial charge in [-0.25, -0.2) is 4.39 Å². The van der Waals surface area contributed by atoms with Gasteiger partial charge in [-0.15, -0.1) is 0 Å². The SMILES string of the molecule is Cc1ccc2c(c1)NC(=O)c1cc(NC(=O)C3(c4ccc(F)cc4)CC3)ccc1O2. The van der Waals surface area contributed by atoms with Crippen LogP contribution in [0.2, 0.25) is 0 Å². The number of carbonyl (C=O) groups excluding carboxylic acids is 2. The van der Waals surface area contributed by atoms with Crippen LogP contribution in [-0.2, 0) is 10.2 Å². The lowest BCUT2D eigenvalue weighted by molar-refractivity contribution is -0.118. The number of hydrogen-bond acceptors (Lipinski definition) is 3. The van der Waals surface area contributed by atoms with Gasteiger partial charge in [-0.2, -0.15) is 0 Å². The van der Waals surface area contributed by atoms with E-state index in [1.165, 1.54) is 12.1 Å². The van der Waals surface area contributed by atoms with Crippen molar-refractivity contribution >= 4 is 23.2 Å². The molecule has 5 nitrogen and oxygen atoms in total. The van der Waals surface area contributed by atoms with Crippen molar-refractivity contribution in [1.29, 1.82) is 0 Å². The van der Waals surface area contributed by atoms with Crippen molar-refractivity contribution in [2.45, 2.75) is 25.2 Å². The van der Waals surface area contributed by atoms with Crippen molar-refractivity contribution in [1.82, 2.24) is 0 Å². The Kier molecular flexibility index (Phi) is 4.10. The summed E-state index contributed by atoms with van der Waals surface area (Å²) in [7, 11) is 0. The molecule has 0 saturated heterocycles. The number of aryl methyl sites for hydroxylation is 1. The van der Waals surface area contributed by atoms with Crippen molar-refractivity contribution in [2.24, 2.45) is 0 Å². The maximum Gasteiger partial charge on any atom is 0.259 e. The minimum absolute atomic E-state index is 0.164. The predicted molar refractivity (Wildman–Crippen MR) is 112 cm³/mol. The fraction of sp³-hybridized carbons (Fsp3) is 0.167. The summed E-state index contributed by atoms with van der Waals surface area (Å²) in [4.78, 5) is 25.7. The number of fused-ring (bicyclic) bond motifs is 2. The van der Waals surface area contributed by atoms with Crippen LogP contribution >= 0.6 is 0 Å². The first-order chi connectivity index (χ1) is 14.4. The molecule has 5 rings (SSSR count). The molecule has 30 heavy (non-hydrogen) atoms. The number of anilines is 2. The molecule has 0 aromatic heterocycles. The molecule has 150 valence electrons. The maximum absolute atomic E-state index is 13.2. The van der Waals surface area contributed by atoms with E-state index in [-0.39, 0.29) is 17.6 Å². The van der Waals surface area contributed by atoms with Gasteiger partial charge in [-0.1, -0.05) is 18.2 Å². The van der Waals surface area contributed by atoms with E-state index in [9.17, 15) is 14.0 Å². The fourth-order valence-corrected chi connectivity index (χ4v) is 3.80. The molecule has 6 heteroatoms. The largest absolute Gasteiger partial charge is 0.454 e. The molecule has 0 unspecified atom stereocenters. The average molecular weight is 402 g/mol. The number of benzene rings is 3. The zero-order valence-electron chi connectivity index (χ0n) is 16.3. The van der Waals surface area contributed by atoms with Crippen molar-refractivity contribution in [3.8, 4) is 11.5 Å². The van der Waals surface area contributed by atoms with Crippen LogP contribution in [0.25, 0.3) is 0 Å². The number of rotatable bonds is 3. The molecule has 0 bridgehead atoms. The van der Waals surface area contributed by atoms with Crippen LogP contribution in [0.1, 0.15) is 34.3 Å². The monoisotopic (exact) mass is 402 g/mol. The highest BCUT2D eigenvalue weighted by Crippen LogP contribution is 2.49. The normalized spacial score (nSPS) is 15.7. The summed E-state index contributed by atoms with van der Waals surface area (Å²) in [5.41, 5.74) is 2.61. The smallest absolute Gasteiger partial charge is 0.259 e. The van der Waals surface area contributed by atoms with Crippen molar-refractivity contribution < 1.29 is 18.7 Å². The number of hydrogen-bond donors (Lipinski definition) is 2. The Labute approximate surface area is 172 Å². The zero-order valence-corrected chi connectivity index (χ0v) is 16.3. The summed E-state index contributed by atoms with van der Waals surface area (Å²) >= 11 is 0. The zero-order chi connectivity index (χ0) is 20.9. The molecule has 0 radical (unpaired) electrons. The van der Waals surface area contributed by atoms with Crippen molar-refractivity contribution in [3.05, 3.63) is 83.2 Å². The number of amides is 2. The molecule has 3 aromatic rings. The lowest BCUT2D eigenvalue weighted by Crippen LogP contribution is -2.28. The summed E-state index contributed by atoms with van der Waals surface area (Å²) in [5, 5.41) is 5.77. The molecule has 1 heterocycles. The van der Waals surface area contributed by atoms with Gasteiger partial charge in [0.05, 0.1) is 16.7 Å². The third-order valence-electron chi connectivity index (χ3n) is 5.67.